The standard InChI is InChI=1S/C11H14BrNOS2/c12-10-1-3-16-11(10)6-9(14)5-8-7-15-4-2-13-8/h1,3,8,13H,2,4-7H2. The molecule has 1 aromatic heterocycles. The third-order valence-electron chi connectivity index (χ3n) is 2.52. The first-order chi connectivity index (χ1) is 7.75. The molecule has 0 bridgehead atoms. The van der Waals surface area contributed by atoms with Gasteiger partial charge in [0.05, 0.1) is 0 Å². The molecule has 1 aromatic rings. The van der Waals surface area contributed by atoms with E-state index in [-0.39, 0.29) is 0 Å². The second kappa shape index (κ2) is 6.19. The molecule has 2 nitrogen and oxygen atoms in total. The molecule has 1 aliphatic rings. The molecule has 0 saturated carbocycles. The number of thiophene rings is 1. The van der Waals surface area contributed by atoms with E-state index in [1.165, 1.54) is 5.75 Å². The molecule has 1 fully saturated rings. The van der Waals surface area contributed by atoms with Crippen molar-refractivity contribution in [2.45, 2.75) is 18.9 Å². The smallest absolute Gasteiger partial charge is 0.139 e. The van der Waals surface area contributed by atoms with Crippen LogP contribution in [0, 0.1) is 0 Å². The van der Waals surface area contributed by atoms with Crippen molar-refractivity contribution in [2.24, 2.45) is 0 Å². The molecule has 2 rings (SSSR count). The molecule has 1 unspecified atom stereocenters. The Morgan fingerprint density at radius 2 is 2.50 bits per heavy atom. The van der Waals surface area contributed by atoms with Gasteiger partial charge in [-0.05, 0) is 27.4 Å². The van der Waals surface area contributed by atoms with Crippen molar-refractivity contribution < 1.29 is 4.79 Å². The van der Waals surface area contributed by atoms with Crippen molar-refractivity contribution >= 4 is 44.8 Å². The van der Waals surface area contributed by atoms with Gasteiger partial charge in [-0.1, -0.05) is 0 Å². The Hall–Kier alpha value is 0.160. The number of Topliss-reactive ketones (excluding diaryl/α,β-unsaturated/α-hetero) is 1. The Labute approximate surface area is 112 Å². The Bertz CT molecular complexity index is 361. The average molecular weight is 320 g/mol. The number of hydrogen-bond acceptors (Lipinski definition) is 4. The van der Waals surface area contributed by atoms with E-state index in [1.807, 2.05) is 23.2 Å². The minimum atomic E-state index is 0.336. The van der Waals surface area contributed by atoms with Gasteiger partial charge >= 0.3 is 0 Å². The van der Waals surface area contributed by atoms with Crippen molar-refractivity contribution in [3.8, 4) is 0 Å². The summed E-state index contributed by atoms with van der Waals surface area (Å²) in [5, 5.41) is 5.41. The summed E-state index contributed by atoms with van der Waals surface area (Å²) >= 11 is 7.04. The molecule has 0 amide bonds. The summed E-state index contributed by atoms with van der Waals surface area (Å²) in [6.07, 6.45) is 1.23. The predicted molar refractivity (Wildman–Crippen MR) is 74.5 cm³/mol. The van der Waals surface area contributed by atoms with E-state index in [4.69, 9.17) is 0 Å². The molecule has 0 radical (unpaired) electrons. The van der Waals surface area contributed by atoms with Gasteiger partial charge < -0.3 is 5.32 Å². The van der Waals surface area contributed by atoms with Crippen LogP contribution in [0.1, 0.15) is 11.3 Å². The maximum absolute atomic E-state index is 11.9. The number of halogens is 1. The highest BCUT2D eigenvalue weighted by Gasteiger charge is 2.17. The molecular weight excluding hydrogens is 306 g/mol. The van der Waals surface area contributed by atoms with E-state index in [9.17, 15) is 4.79 Å². The van der Waals surface area contributed by atoms with Crippen LogP contribution in [0.5, 0.6) is 0 Å². The zero-order valence-corrected chi connectivity index (χ0v) is 12.1. The first-order valence-electron chi connectivity index (χ1n) is 5.30. The SMILES string of the molecule is O=C(Cc1sccc1Br)CC1CSCCN1. The van der Waals surface area contributed by atoms with Crippen molar-refractivity contribution in [3.05, 3.63) is 20.8 Å². The minimum absolute atomic E-state index is 0.336. The van der Waals surface area contributed by atoms with Crippen LogP contribution in [0.2, 0.25) is 0 Å². The summed E-state index contributed by atoms with van der Waals surface area (Å²) < 4.78 is 1.07. The van der Waals surface area contributed by atoms with Crippen molar-refractivity contribution in [3.63, 3.8) is 0 Å². The maximum Gasteiger partial charge on any atom is 0.139 e. The molecule has 1 atom stereocenters. The summed E-state index contributed by atoms with van der Waals surface area (Å²) in [4.78, 5) is 13.0. The first kappa shape index (κ1) is 12.6. The van der Waals surface area contributed by atoms with Gasteiger partial charge in [0.1, 0.15) is 5.78 Å². The van der Waals surface area contributed by atoms with Gasteiger partial charge in [0.15, 0.2) is 0 Å². The lowest BCUT2D eigenvalue weighted by molar-refractivity contribution is -0.118. The van der Waals surface area contributed by atoms with E-state index in [1.54, 1.807) is 11.3 Å². The van der Waals surface area contributed by atoms with Gasteiger partial charge in [-0.3, -0.25) is 4.79 Å². The Kier molecular flexibility index (Phi) is 4.88. The third kappa shape index (κ3) is 3.58. The molecule has 0 spiro atoms. The van der Waals surface area contributed by atoms with Crippen LogP contribution >= 0.6 is 39.0 Å². The van der Waals surface area contributed by atoms with E-state index in [0.717, 1.165) is 21.6 Å². The van der Waals surface area contributed by atoms with Gasteiger partial charge in [-0.25, -0.2) is 0 Å². The Morgan fingerprint density at radius 1 is 1.62 bits per heavy atom. The number of ketones is 1. The van der Waals surface area contributed by atoms with Gasteiger partial charge in [-0.15, -0.1) is 11.3 Å². The highest BCUT2D eigenvalue weighted by Crippen LogP contribution is 2.24. The van der Waals surface area contributed by atoms with Crippen LogP contribution < -0.4 is 5.32 Å². The van der Waals surface area contributed by atoms with Crippen molar-refractivity contribution in [1.29, 1.82) is 0 Å². The van der Waals surface area contributed by atoms with Crippen LogP contribution in [-0.2, 0) is 11.2 Å². The second-order valence-corrected chi connectivity index (χ2v) is 6.84. The van der Waals surface area contributed by atoms with Gasteiger partial charge in [0, 0.05) is 46.3 Å². The summed E-state index contributed by atoms with van der Waals surface area (Å²) in [5.74, 6) is 2.57. The topological polar surface area (TPSA) is 29.1 Å². The fraction of sp³-hybridized carbons (Fsp3) is 0.545. The second-order valence-electron chi connectivity index (χ2n) is 3.84. The van der Waals surface area contributed by atoms with E-state index in [0.29, 0.717) is 24.7 Å². The monoisotopic (exact) mass is 319 g/mol. The van der Waals surface area contributed by atoms with Crippen LogP contribution in [0.15, 0.2) is 15.9 Å². The number of thioether (sulfide) groups is 1. The Balaban J connectivity index is 1.82. The summed E-state index contributed by atoms with van der Waals surface area (Å²) in [7, 11) is 0. The Morgan fingerprint density at radius 3 is 3.12 bits per heavy atom. The van der Waals surface area contributed by atoms with Crippen molar-refractivity contribution in [1.82, 2.24) is 5.32 Å². The highest BCUT2D eigenvalue weighted by atomic mass is 79.9. The van der Waals surface area contributed by atoms with Crippen LogP contribution in [0.25, 0.3) is 0 Å². The van der Waals surface area contributed by atoms with Crippen molar-refractivity contribution in [2.75, 3.05) is 18.1 Å². The van der Waals surface area contributed by atoms with Gasteiger partial charge in [0.2, 0.25) is 0 Å². The maximum atomic E-state index is 11.9. The molecule has 1 aliphatic heterocycles. The van der Waals surface area contributed by atoms with Crippen LogP contribution in [0.4, 0.5) is 0 Å². The molecule has 5 heteroatoms. The lowest BCUT2D eigenvalue weighted by atomic mass is 10.1. The molecule has 1 saturated heterocycles. The highest BCUT2D eigenvalue weighted by molar-refractivity contribution is 9.10. The normalized spacial score (nSPS) is 20.9. The van der Waals surface area contributed by atoms with Crippen LogP contribution in [-0.4, -0.2) is 29.9 Å². The number of carbonyl (C=O) groups is 1. The third-order valence-corrected chi connectivity index (χ3v) is 5.58. The summed E-state index contributed by atoms with van der Waals surface area (Å²) in [6.45, 7) is 1.03. The van der Waals surface area contributed by atoms with Gasteiger partial charge in [0.25, 0.3) is 0 Å². The average Bonchev–Trinajstić information content (AvgIpc) is 2.66. The van der Waals surface area contributed by atoms with E-state index >= 15 is 0 Å². The van der Waals surface area contributed by atoms with Crippen LogP contribution in [0.3, 0.4) is 0 Å². The number of rotatable bonds is 4. The molecule has 16 heavy (non-hydrogen) atoms. The predicted octanol–water partition coefficient (Wildman–Crippen LogP) is 2.72. The fourth-order valence-corrected chi connectivity index (χ4v) is 4.20. The molecule has 2 heterocycles. The van der Waals surface area contributed by atoms with E-state index in [2.05, 4.69) is 21.2 Å². The zero-order chi connectivity index (χ0) is 11.4. The summed E-state index contributed by atoms with van der Waals surface area (Å²) in [6, 6.07) is 2.38. The molecule has 88 valence electrons. The molecule has 1 N–H and O–H groups in total. The molecular formula is C11H14BrNOS2. The quantitative estimate of drug-likeness (QED) is 0.925. The summed E-state index contributed by atoms with van der Waals surface area (Å²) in [5.41, 5.74) is 0. The minimum Gasteiger partial charge on any atom is -0.312 e. The number of nitrogens with one attached hydrogen (secondary N) is 1. The first-order valence-corrected chi connectivity index (χ1v) is 8.13. The van der Waals surface area contributed by atoms with E-state index < -0.39 is 0 Å². The lowest BCUT2D eigenvalue weighted by Gasteiger charge is -2.22. The number of carbonyl (C=O) groups excluding carboxylic acids is 1. The molecule has 0 aromatic carbocycles. The number of hydrogen-bond donors (Lipinski definition) is 1. The zero-order valence-electron chi connectivity index (χ0n) is 8.87. The fourth-order valence-electron chi connectivity index (χ4n) is 1.73. The van der Waals surface area contributed by atoms with Gasteiger partial charge in [-0.2, -0.15) is 11.8 Å². The largest absolute Gasteiger partial charge is 0.312 e. The molecule has 0 aliphatic carbocycles. The lowest BCUT2D eigenvalue weighted by Crippen LogP contribution is -2.39.